The van der Waals surface area contributed by atoms with Crippen LogP contribution in [-0.2, 0) is 0 Å². The maximum atomic E-state index is 12.6. The number of carbonyl (C=O) groups excluding carboxylic acids is 1. The third-order valence-electron chi connectivity index (χ3n) is 6.25. The zero-order chi connectivity index (χ0) is 23.1. The molecule has 3 N–H and O–H groups in total. The number of halogens is 1. The Morgan fingerprint density at radius 3 is 2.56 bits per heavy atom. The van der Waals surface area contributed by atoms with Crippen molar-refractivity contribution >= 4 is 23.2 Å². The molecule has 0 bridgehead atoms. The second-order valence-corrected chi connectivity index (χ2v) is 9.29. The first-order chi connectivity index (χ1) is 15.4. The zero-order valence-corrected chi connectivity index (χ0v) is 20.1. The first kappa shape index (κ1) is 24.4. The van der Waals surface area contributed by atoms with E-state index in [4.69, 9.17) is 22.1 Å². The second kappa shape index (κ2) is 11.6. The predicted molar refractivity (Wildman–Crippen MR) is 132 cm³/mol. The third kappa shape index (κ3) is 6.63. The molecule has 1 radical (unpaired) electrons. The summed E-state index contributed by atoms with van der Waals surface area (Å²) >= 11 is 6.03. The number of benzene rings is 2. The van der Waals surface area contributed by atoms with Gasteiger partial charge in [0.1, 0.15) is 5.75 Å². The van der Waals surface area contributed by atoms with Crippen LogP contribution in [0.2, 0.25) is 5.02 Å². The number of amides is 1. The van der Waals surface area contributed by atoms with Crippen molar-refractivity contribution in [1.29, 1.82) is 0 Å². The summed E-state index contributed by atoms with van der Waals surface area (Å²) < 4.78 is 5.28. The molecule has 0 aliphatic carbocycles. The summed E-state index contributed by atoms with van der Waals surface area (Å²) in [6.07, 6.45) is 5.55. The van der Waals surface area contributed by atoms with Crippen LogP contribution in [0, 0.1) is 12.3 Å². The van der Waals surface area contributed by atoms with E-state index in [1.54, 1.807) is 12.1 Å². The highest BCUT2D eigenvalue weighted by Crippen LogP contribution is 2.29. The van der Waals surface area contributed by atoms with Crippen molar-refractivity contribution in [2.75, 3.05) is 39.0 Å². The molecule has 2 aromatic rings. The fourth-order valence-electron chi connectivity index (χ4n) is 4.10. The van der Waals surface area contributed by atoms with Gasteiger partial charge >= 0.3 is 0 Å². The Morgan fingerprint density at radius 1 is 1.25 bits per heavy atom. The lowest BCUT2D eigenvalue weighted by molar-refractivity contribution is 0.0933. The van der Waals surface area contributed by atoms with Crippen molar-refractivity contribution in [1.82, 2.24) is 10.2 Å². The van der Waals surface area contributed by atoms with Crippen LogP contribution in [-0.4, -0.2) is 44.1 Å². The average Bonchev–Trinajstić information content (AvgIpc) is 2.80. The third-order valence-corrected chi connectivity index (χ3v) is 6.58. The molecular weight excluding hydrogens is 422 g/mol. The number of nitrogen functional groups attached to an aromatic ring is 1. The van der Waals surface area contributed by atoms with Gasteiger partial charge in [0.15, 0.2) is 0 Å². The summed E-state index contributed by atoms with van der Waals surface area (Å²) in [4.78, 5) is 15.1. The van der Waals surface area contributed by atoms with Gasteiger partial charge in [0, 0.05) is 12.6 Å². The van der Waals surface area contributed by atoms with Crippen LogP contribution < -0.4 is 15.8 Å². The SMILES string of the molecule is COc1cc(Cl)c(N)cc1C(=O)NCC1CCN(CC[CH]c2ccc(C(C)C)cc2)CC1. The van der Waals surface area contributed by atoms with Gasteiger partial charge in [-0.3, -0.25) is 4.79 Å². The van der Waals surface area contributed by atoms with Gasteiger partial charge < -0.3 is 20.7 Å². The number of rotatable bonds is 9. The van der Waals surface area contributed by atoms with E-state index < -0.39 is 0 Å². The summed E-state index contributed by atoms with van der Waals surface area (Å²) in [6.45, 7) is 8.31. The number of anilines is 1. The number of likely N-dealkylation sites (tertiary alicyclic amines) is 1. The molecule has 1 saturated heterocycles. The Bertz CT molecular complexity index is 891. The van der Waals surface area contributed by atoms with Gasteiger partial charge in [0.25, 0.3) is 5.91 Å². The van der Waals surface area contributed by atoms with Crippen molar-refractivity contribution in [3.05, 3.63) is 64.5 Å². The maximum absolute atomic E-state index is 12.6. The summed E-state index contributed by atoms with van der Waals surface area (Å²) in [5.41, 5.74) is 9.33. The van der Waals surface area contributed by atoms with Gasteiger partial charge in [0.05, 0.1) is 23.4 Å². The zero-order valence-electron chi connectivity index (χ0n) is 19.4. The molecule has 1 aliphatic heterocycles. The number of nitrogens with zero attached hydrogens (tertiary/aromatic N) is 1. The molecule has 1 heterocycles. The highest BCUT2D eigenvalue weighted by Gasteiger charge is 2.21. The molecule has 1 amide bonds. The van der Waals surface area contributed by atoms with E-state index >= 15 is 0 Å². The van der Waals surface area contributed by atoms with Gasteiger partial charge in [-0.25, -0.2) is 0 Å². The number of nitrogens with one attached hydrogen (secondary N) is 1. The smallest absolute Gasteiger partial charge is 0.255 e. The molecule has 0 saturated carbocycles. The van der Waals surface area contributed by atoms with Crippen LogP contribution in [0.4, 0.5) is 5.69 Å². The van der Waals surface area contributed by atoms with Gasteiger partial charge in [-0.15, -0.1) is 0 Å². The number of nitrogens with two attached hydrogens (primary N) is 1. The summed E-state index contributed by atoms with van der Waals surface area (Å²) in [7, 11) is 1.52. The molecule has 3 rings (SSSR count). The lowest BCUT2D eigenvalue weighted by Gasteiger charge is -2.32. The molecule has 0 aromatic heterocycles. The van der Waals surface area contributed by atoms with E-state index in [1.165, 1.54) is 18.2 Å². The van der Waals surface area contributed by atoms with E-state index in [2.05, 4.69) is 54.8 Å². The Balaban J connectivity index is 1.38. The number of piperidine rings is 1. The second-order valence-electron chi connectivity index (χ2n) is 8.88. The van der Waals surface area contributed by atoms with Crippen LogP contribution in [0.3, 0.4) is 0 Å². The van der Waals surface area contributed by atoms with Crippen LogP contribution in [0.15, 0.2) is 36.4 Å². The average molecular weight is 457 g/mol. The first-order valence-corrected chi connectivity index (χ1v) is 11.8. The minimum absolute atomic E-state index is 0.175. The molecule has 5 nitrogen and oxygen atoms in total. The number of methoxy groups -OCH3 is 1. The summed E-state index contributed by atoms with van der Waals surface area (Å²) in [5, 5.41) is 3.42. The topological polar surface area (TPSA) is 67.6 Å². The number of ether oxygens (including phenoxy) is 1. The van der Waals surface area contributed by atoms with Crippen LogP contribution in [0.5, 0.6) is 5.75 Å². The monoisotopic (exact) mass is 456 g/mol. The number of hydrogen-bond donors (Lipinski definition) is 2. The molecule has 173 valence electrons. The minimum Gasteiger partial charge on any atom is -0.496 e. The normalized spacial score (nSPS) is 15.2. The predicted octanol–water partition coefficient (Wildman–Crippen LogP) is 5.14. The Hall–Kier alpha value is -2.24. The quantitative estimate of drug-likeness (QED) is 0.513. The van der Waals surface area contributed by atoms with Crippen LogP contribution >= 0.6 is 11.6 Å². The van der Waals surface area contributed by atoms with Gasteiger partial charge in [-0.1, -0.05) is 49.7 Å². The lowest BCUT2D eigenvalue weighted by atomic mass is 9.96. The van der Waals surface area contributed by atoms with Gasteiger partial charge in [-0.05, 0) is 74.3 Å². The van der Waals surface area contributed by atoms with E-state index in [-0.39, 0.29) is 5.91 Å². The molecule has 32 heavy (non-hydrogen) atoms. The molecule has 0 unspecified atom stereocenters. The Morgan fingerprint density at radius 2 is 1.94 bits per heavy atom. The molecule has 1 aliphatic rings. The Kier molecular flexibility index (Phi) is 8.83. The lowest BCUT2D eigenvalue weighted by Crippen LogP contribution is -2.39. The molecular formula is C26H35ClN3O2. The van der Waals surface area contributed by atoms with E-state index in [0.29, 0.717) is 40.4 Å². The van der Waals surface area contributed by atoms with Crippen LogP contribution in [0.1, 0.15) is 60.5 Å². The summed E-state index contributed by atoms with van der Waals surface area (Å²) in [5.74, 6) is 1.32. The van der Waals surface area contributed by atoms with Crippen molar-refractivity contribution < 1.29 is 9.53 Å². The number of carbonyl (C=O) groups is 1. The van der Waals surface area contributed by atoms with Crippen molar-refractivity contribution in [3.8, 4) is 5.75 Å². The molecule has 0 spiro atoms. The first-order valence-electron chi connectivity index (χ1n) is 11.4. The highest BCUT2D eigenvalue weighted by molar-refractivity contribution is 6.33. The standard InChI is InChI=1S/C26H35ClN3O2/c1-18(2)21-8-6-19(7-9-21)5-4-12-30-13-10-20(11-14-30)17-29-26(31)22-15-24(28)23(27)16-25(22)32-3/h5-9,15-16,18,20H,4,10-14,17,28H2,1-3H3,(H,29,31). The van der Waals surface area contributed by atoms with Crippen molar-refractivity contribution in [3.63, 3.8) is 0 Å². The fourth-order valence-corrected chi connectivity index (χ4v) is 4.25. The molecule has 2 aromatic carbocycles. The molecule has 6 heteroatoms. The molecule has 1 fully saturated rings. The fraction of sp³-hybridized carbons (Fsp3) is 0.462. The van der Waals surface area contributed by atoms with E-state index in [0.717, 1.165) is 38.9 Å². The number of hydrogen-bond acceptors (Lipinski definition) is 4. The summed E-state index contributed by atoms with van der Waals surface area (Å²) in [6, 6.07) is 12.0. The molecule has 0 atom stereocenters. The van der Waals surface area contributed by atoms with Gasteiger partial charge in [-0.2, -0.15) is 0 Å². The minimum atomic E-state index is -0.175. The largest absolute Gasteiger partial charge is 0.496 e. The van der Waals surface area contributed by atoms with Crippen molar-refractivity contribution in [2.45, 2.75) is 39.0 Å². The van der Waals surface area contributed by atoms with E-state index in [1.807, 2.05) is 0 Å². The maximum Gasteiger partial charge on any atom is 0.255 e. The highest BCUT2D eigenvalue weighted by atomic mass is 35.5. The van der Waals surface area contributed by atoms with Crippen molar-refractivity contribution in [2.24, 2.45) is 5.92 Å². The van der Waals surface area contributed by atoms with E-state index in [9.17, 15) is 4.79 Å². The Labute approximate surface area is 197 Å². The van der Waals surface area contributed by atoms with Gasteiger partial charge in [0.2, 0.25) is 0 Å². The van der Waals surface area contributed by atoms with Crippen LogP contribution in [0.25, 0.3) is 0 Å².